The molecule has 2 saturated heterocycles. The summed E-state index contributed by atoms with van der Waals surface area (Å²) in [5.41, 5.74) is 1.53. The molecule has 0 bridgehead atoms. The van der Waals surface area contributed by atoms with Gasteiger partial charge in [0.25, 0.3) is 0 Å². The first-order chi connectivity index (χ1) is 12.2. The van der Waals surface area contributed by atoms with Crippen LogP contribution >= 0.6 is 0 Å². The van der Waals surface area contributed by atoms with Crippen molar-refractivity contribution in [3.8, 4) is 0 Å². The lowest BCUT2D eigenvalue weighted by molar-refractivity contribution is -0.142. The van der Waals surface area contributed by atoms with Gasteiger partial charge in [-0.3, -0.25) is 4.79 Å². The average molecular weight is 346 g/mol. The van der Waals surface area contributed by atoms with E-state index < -0.39 is 0 Å². The van der Waals surface area contributed by atoms with Crippen LogP contribution in [0.15, 0.2) is 24.3 Å². The zero-order valence-electron chi connectivity index (χ0n) is 14.7. The molecule has 136 valence electrons. The number of benzene rings is 1. The molecule has 0 saturated carbocycles. The lowest BCUT2D eigenvalue weighted by atomic mass is 10.1. The topological polar surface area (TPSA) is 67.9 Å². The summed E-state index contributed by atoms with van der Waals surface area (Å²) in [6.07, 6.45) is 4.50. The van der Waals surface area contributed by atoms with Crippen molar-refractivity contribution in [3.05, 3.63) is 29.8 Å². The Morgan fingerprint density at radius 2 is 2.20 bits per heavy atom. The summed E-state index contributed by atoms with van der Waals surface area (Å²) < 4.78 is 10.8. The fourth-order valence-corrected chi connectivity index (χ4v) is 3.67. The average Bonchev–Trinajstić information content (AvgIpc) is 3.26. The number of likely N-dealkylation sites (tertiary alicyclic amines) is 1. The Hall–Kier alpha value is -2.08. The van der Waals surface area contributed by atoms with Crippen molar-refractivity contribution < 1.29 is 19.1 Å². The van der Waals surface area contributed by atoms with E-state index in [1.165, 1.54) is 0 Å². The summed E-state index contributed by atoms with van der Waals surface area (Å²) in [7, 11) is 0. The van der Waals surface area contributed by atoms with Crippen LogP contribution < -0.4 is 5.32 Å². The standard InChI is InChI=1S/C19H26N2O4/c1-2-24-18(22)13-14-6-3-7-15(12-14)20-19(23)21-10-4-8-16(21)17-9-5-11-25-17/h3,6-7,12,16-17H,2,4-5,8-11,13H2,1H3,(H,20,23)/t16-,17+/m0/s1. The van der Waals surface area contributed by atoms with E-state index >= 15 is 0 Å². The third-order valence-corrected chi connectivity index (χ3v) is 4.79. The van der Waals surface area contributed by atoms with Gasteiger partial charge in [-0.2, -0.15) is 0 Å². The molecule has 1 N–H and O–H groups in total. The van der Waals surface area contributed by atoms with Gasteiger partial charge in [-0.1, -0.05) is 12.1 Å². The molecule has 3 rings (SSSR count). The van der Waals surface area contributed by atoms with E-state index in [1.54, 1.807) is 6.92 Å². The van der Waals surface area contributed by atoms with E-state index in [1.807, 2.05) is 29.2 Å². The fourth-order valence-electron chi connectivity index (χ4n) is 3.67. The van der Waals surface area contributed by atoms with Gasteiger partial charge in [-0.25, -0.2) is 4.79 Å². The predicted octanol–water partition coefficient (Wildman–Crippen LogP) is 2.97. The maximum Gasteiger partial charge on any atom is 0.322 e. The first kappa shape index (κ1) is 17.7. The smallest absolute Gasteiger partial charge is 0.322 e. The van der Waals surface area contributed by atoms with Gasteiger partial charge in [0.15, 0.2) is 0 Å². The Bertz CT molecular complexity index is 613. The Labute approximate surface area is 148 Å². The molecule has 2 heterocycles. The highest BCUT2D eigenvalue weighted by Gasteiger charge is 2.36. The molecule has 2 amide bonds. The Kier molecular flexibility index (Phi) is 5.91. The molecule has 0 aromatic heterocycles. The summed E-state index contributed by atoms with van der Waals surface area (Å²) in [4.78, 5) is 26.2. The number of ether oxygens (including phenoxy) is 2. The van der Waals surface area contributed by atoms with Crippen molar-refractivity contribution in [2.45, 2.75) is 51.2 Å². The number of carbonyl (C=O) groups excluding carboxylic acids is 2. The monoisotopic (exact) mass is 346 g/mol. The number of hydrogen-bond acceptors (Lipinski definition) is 4. The third-order valence-electron chi connectivity index (χ3n) is 4.79. The van der Waals surface area contributed by atoms with Crippen LogP contribution in [0.3, 0.4) is 0 Å². The minimum absolute atomic E-state index is 0.0914. The second-order valence-corrected chi connectivity index (χ2v) is 6.57. The Balaban J connectivity index is 1.61. The molecular formula is C19H26N2O4. The van der Waals surface area contributed by atoms with Crippen LogP contribution in [0.5, 0.6) is 0 Å². The number of esters is 1. The van der Waals surface area contributed by atoms with Crippen LogP contribution in [0.25, 0.3) is 0 Å². The number of rotatable bonds is 5. The molecule has 0 radical (unpaired) electrons. The van der Waals surface area contributed by atoms with Gasteiger partial charge in [0.1, 0.15) is 0 Å². The van der Waals surface area contributed by atoms with E-state index in [9.17, 15) is 9.59 Å². The number of amides is 2. The first-order valence-corrected chi connectivity index (χ1v) is 9.11. The fraction of sp³-hybridized carbons (Fsp3) is 0.579. The van der Waals surface area contributed by atoms with Crippen molar-refractivity contribution in [1.29, 1.82) is 0 Å². The van der Waals surface area contributed by atoms with E-state index in [4.69, 9.17) is 9.47 Å². The van der Waals surface area contributed by atoms with Gasteiger partial charge >= 0.3 is 12.0 Å². The molecule has 2 fully saturated rings. The maximum absolute atomic E-state index is 12.7. The minimum atomic E-state index is -0.260. The maximum atomic E-state index is 12.7. The highest BCUT2D eigenvalue weighted by Crippen LogP contribution is 2.28. The number of urea groups is 1. The second kappa shape index (κ2) is 8.34. The van der Waals surface area contributed by atoms with Gasteiger partial charge < -0.3 is 19.7 Å². The van der Waals surface area contributed by atoms with E-state index in [-0.39, 0.29) is 30.6 Å². The minimum Gasteiger partial charge on any atom is -0.466 e. The summed E-state index contributed by atoms with van der Waals surface area (Å²) in [5, 5.41) is 2.96. The molecule has 1 aromatic carbocycles. The lowest BCUT2D eigenvalue weighted by Gasteiger charge is -2.29. The zero-order chi connectivity index (χ0) is 17.6. The molecule has 25 heavy (non-hydrogen) atoms. The van der Waals surface area contributed by atoms with Gasteiger partial charge in [-0.05, 0) is 50.3 Å². The summed E-state index contributed by atoms with van der Waals surface area (Å²) in [5.74, 6) is -0.260. The molecule has 6 nitrogen and oxygen atoms in total. The SMILES string of the molecule is CCOC(=O)Cc1cccc(NC(=O)N2CCC[C@H]2[C@H]2CCCO2)c1. The predicted molar refractivity (Wildman–Crippen MR) is 94.5 cm³/mol. The van der Waals surface area contributed by atoms with Crippen molar-refractivity contribution in [3.63, 3.8) is 0 Å². The van der Waals surface area contributed by atoms with Gasteiger partial charge in [0, 0.05) is 18.8 Å². The highest BCUT2D eigenvalue weighted by molar-refractivity contribution is 5.90. The van der Waals surface area contributed by atoms with Crippen molar-refractivity contribution >= 4 is 17.7 Å². The third kappa shape index (κ3) is 4.51. The van der Waals surface area contributed by atoms with Crippen molar-refractivity contribution in [2.75, 3.05) is 25.1 Å². The molecule has 2 atom stereocenters. The zero-order valence-corrected chi connectivity index (χ0v) is 14.7. The van der Waals surface area contributed by atoms with Crippen molar-refractivity contribution in [2.24, 2.45) is 0 Å². The lowest BCUT2D eigenvalue weighted by Crippen LogP contribution is -2.44. The number of anilines is 1. The summed E-state index contributed by atoms with van der Waals surface area (Å²) in [6, 6.07) is 7.44. The normalized spacial score (nSPS) is 22.8. The largest absolute Gasteiger partial charge is 0.466 e. The molecule has 0 spiro atoms. The van der Waals surface area contributed by atoms with Crippen LogP contribution in [-0.4, -0.2) is 48.8 Å². The van der Waals surface area contributed by atoms with E-state index in [0.29, 0.717) is 12.3 Å². The quantitative estimate of drug-likeness (QED) is 0.832. The molecule has 2 aliphatic heterocycles. The van der Waals surface area contributed by atoms with E-state index in [2.05, 4.69) is 5.32 Å². The van der Waals surface area contributed by atoms with Crippen LogP contribution in [-0.2, 0) is 20.7 Å². The van der Waals surface area contributed by atoms with Gasteiger partial charge in [0.2, 0.25) is 0 Å². The molecular weight excluding hydrogens is 320 g/mol. The number of nitrogens with zero attached hydrogens (tertiary/aromatic N) is 1. The number of hydrogen-bond donors (Lipinski definition) is 1. The van der Waals surface area contributed by atoms with Crippen LogP contribution in [0, 0.1) is 0 Å². The summed E-state index contributed by atoms with van der Waals surface area (Å²) in [6.45, 7) is 3.72. The molecule has 6 heteroatoms. The molecule has 1 aromatic rings. The molecule has 0 unspecified atom stereocenters. The highest BCUT2D eigenvalue weighted by atomic mass is 16.5. The summed E-state index contributed by atoms with van der Waals surface area (Å²) >= 11 is 0. The number of nitrogens with one attached hydrogen (secondary N) is 1. The van der Waals surface area contributed by atoms with Gasteiger partial charge in [0.05, 0.1) is 25.2 Å². The van der Waals surface area contributed by atoms with Crippen LogP contribution in [0.2, 0.25) is 0 Å². The number of carbonyl (C=O) groups is 2. The van der Waals surface area contributed by atoms with Crippen molar-refractivity contribution in [1.82, 2.24) is 4.90 Å². The van der Waals surface area contributed by atoms with E-state index in [0.717, 1.165) is 44.4 Å². The van der Waals surface area contributed by atoms with Crippen LogP contribution in [0.1, 0.15) is 38.2 Å². The van der Waals surface area contributed by atoms with Gasteiger partial charge in [-0.15, -0.1) is 0 Å². The van der Waals surface area contributed by atoms with Crippen LogP contribution in [0.4, 0.5) is 10.5 Å². The molecule has 2 aliphatic rings. The Morgan fingerprint density at radius 3 is 2.96 bits per heavy atom. The second-order valence-electron chi connectivity index (χ2n) is 6.57. The molecule has 0 aliphatic carbocycles. The first-order valence-electron chi connectivity index (χ1n) is 9.11. The Morgan fingerprint density at radius 1 is 1.32 bits per heavy atom.